The second-order valence-corrected chi connectivity index (χ2v) is 8.97. The number of imidazole rings is 1. The number of aromatic amines is 1. The van der Waals surface area contributed by atoms with E-state index in [2.05, 4.69) is 43.4 Å². The van der Waals surface area contributed by atoms with Crippen molar-refractivity contribution >= 4 is 40.4 Å². The number of rotatable bonds is 10. The van der Waals surface area contributed by atoms with E-state index < -0.39 is 29.9 Å². The van der Waals surface area contributed by atoms with Crippen molar-refractivity contribution in [2.45, 2.75) is 38.8 Å². The second kappa shape index (κ2) is 10.9. The zero-order valence-corrected chi connectivity index (χ0v) is 20.0. The first-order valence-corrected chi connectivity index (χ1v) is 11.4. The van der Waals surface area contributed by atoms with Gasteiger partial charge in [0.05, 0.1) is 25.1 Å². The largest absolute Gasteiger partial charge is 0.394 e. The van der Waals surface area contributed by atoms with E-state index in [0.717, 1.165) is 14.8 Å². The minimum atomic E-state index is -0.807. The Bertz CT molecular complexity index is 962. The van der Waals surface area contributed by atoms with Gasteiger partial charge in [-0.25, -0.2) is 15.3 Å². The number of hydroxylamine groups is 1. The molecule has 1 saturated heterocycles. The molecule has 0 unspecified atom stereocenters. The first-order chi connectivity index (χ1) is 15.3. The van der Waals surface area contributed by atoms with Gasteiger partial charge in [0.2, 0.25) is 5.91 Å². The molecule has 1 fully saturated rings. The number of halogens is 1. The molecular formula is C21H26IN5O5. The predicted molar refractivity (Wildman–Crippen MR) is 124 cm³/mol. The maximum atomic E-state index is 13.0. The fourth-order valence-electron chi connectivity index (χ4n) is 3.51. The molecule has 2 heterocycles. The molecule has 1 aliphatic rings. The van der Waals surface area contributed by atoms with Crippen molar-refractivity contribution < 1.29 is 24.3 Å². The van der Waals surface area contributed by atoms with Crippen LogP contribution in [0.2, 0.25) is 0 Å². The smallest absolute Gasteiger partial charge is 0.325 e. The van der Waals surface area contributed by atoms with Crippen molar-refractivity contribution in [2.24, 2.45) is 5.92 Å². The molecule has 2 atom stereocenters. The van der Waals surface area contributed by atoms with Crippen LogP contribution in [0.25, 0.3) is 11.3 Å². The van der Waals surface area contributed by atoms with Gasteiger partial charge in [-0.3, -0.25) is 19.3 Å². The zero-order valence-electron chi connectivity index (χ0n) is 17.8. The van der Waals surface area contributed by atoms with Gasteiger partial charge >= 0.3 is 6.03 Å². The summed E-state index contributed by atoms with van der Waals surface area (Å²) in [7, 11) is 0. The van der Waals surface area contributed by atoms with Crippen LogP contribution in [-0.4, -0.2) is 57.1 Å². The number of benzene rings is 1. The lowest BCUT2D eigenvalue weighted by Gasteiger charge is -2.27. The zero-order chi connectivity index (χ0) is 23.3. The van der Waals surface area contributed by atoms with E-state index in [1.807, 2.05) is 38.1 Å². The molecule has 3 rings (SSSR count). The minimum absolute atomic E-state index is 0.0139. The van der Waals surface area contributed by atoms with Gasteiger partial charge in [0, 0.05) is 9.99 Å². The molecule has 0 bridgehead atoms. The number of hydrogen-bond acceptors (Lipinski definition) is 6. The average Bonchev–Trinajstić information content (AvgIpc) is 3.34. The molecule has 0 spiro atoms. The number of aliphatic hydroxyl groups excluding tert-OH is 1. The maximum absolute atomic E-state index is 13.0. The number of urea groups is 1. The topological polar surface area (TPSA) is 137 Å². The van der Waals surface area contributed by atoms with E-state index in [0.29, 0.717) is 5.82 Å². The van der Waals surface area contributed by atoms with Crippen molar-refractivity contribution in [3.63, 3.8) is 0 Å². The number of aliphatic hydroxyl groups is 1. The van der Waals surface area contributed by atoms with Gasteiger partial charge in [-0.1, -0.05) is 26.0 Å². The Morgan fingerprint density at radius 1 is 1.31 bits per heavy atom. The Balaban J connectivity index is 1.71. The van der Waals surface area contributed by atoms with Gasteiger partial charge in [-0.15, -0.1) is 0 Å². The third-order valence-electron chi connectivity index (χ3n) is 5.03. The molecule has 172 valence electrons. The molecule has 11 heteroatoms. The normalized spacial score (nSPS) is 17.0. The highest BCUT2D eigenvalue weighted by Gasteiger charge is 2.44. The van der Waals surface area contributed by atoms with Crippen LogP contribution in [0, 0.1) is 9.49 Å². The van der Waals surface area contributed by atoms with Crippen molar-refractivity contribution in [3.8, 4) is 11.3 Å². The molecule has 2 aromatic rings. The average molecular weight is 555 g/mol. The van der Waals surface area contributed by atoms with Crippen LogP contribution < -0.4 is 10.8 Å². The highest BCUT2D eigenvalue weighted by molar-refractivity contribution is 14.1. The van der Waals surface area contributed by atoms with Crippen molar-refractivity contribution in [2.75, 3.05) is 13.2 Å². The number of carbonyl (C=O) groups is 3. The number of imide groups is 1. The second-order valence-electron chi connectivity index (χ2n) is 7.72. The van der Waals surface area contributed by atoms with Crippen LogP contribution >= 0.6 is 22.6 Å². The number of aromatic nitrogens is 2. The quantitative estimate of drug-likeness (QED) is 0.154. The lowest BCUT2D eigenvalue weighted by molar-refractivity contribution is -0.134. The van der Waals surface area contributed by atoms with Crippen molar-refractivity contribution in [1.82, 2.24) is 25.7 Å². The Kier molecular flexibility index (Phi) is 8.21. The molecule has 1 aromatic carbocycles. The molecule has 4 amide bonds. The summed E-state index contributed by atoms with van der Waals surface area (Å²) < 4.78 is 1.12. The summed E-state index contributed by atoms with van der Waals surface area (Å²) >= 11 is 2.23. The molecule has 10 nitrogen and oxygen atoms in total. The number of H-pyrrole nitrogens is 1. The van der Waals surface area contributed by atoms with E-state index >= 15 is 0 Å². The van der Waals surface area contributed by atoms with E-state index in [-0.39, 0.29) is 32.0 Å². The highest BCUT2D eigenvalue weighted by Crippen LogP contribution is 2.31. The Morgan fingerprint density at radius 2 is 2.03 bits per heavy atom. The van der Waals surface area contributed by atoms with E-state index in [4.69, 9.17) is 9.94 Å². The van der Waals surface area contributed by atoms with Crippen LogP contribution in [0.4, 0.5) is 4.79 Å². The summed E-state index contributed by atoms with van der Waals surface area (Å²) in [4.78, 5) is 51.2. The number of nitrogens with zero attached hydrogens (tertiary/aromatic N) is 2. The van der Waals surface area contributed by atoms with Crippen LogP contribution in [-0.2, 0) is 14.4 Å². The van der Waals surface area contributed by atoms with Gasteiger partial charge < -0.3 is 15.4 Å². The lowest BCUT2D eigenvalue weighted by atomic mass is 10.0. The Morgan fingerprint density at radius 3 is 2.69 bits per heavy atom. The predicted octanol–water partition coefficient (Wildman–Crippen LogP) is 2.12. The van der Waals surface area contributed by atoms with Gasteiger partial charge in [-0.2, -0.15) is 0 Å². The first kappa shape index (κ1) is 24.1. The third-order valence-corrected chi connectivity index (χ3v) is 5.75. The molecule has 1 aliphatic heterocycles. The van der Waals surface area contributed by atoms with Crippen molar-refractivity contribution in [1.29, 1.82) is 0 Å². The number of amides is 4. The number of carbonyl (C=O) groups excluding carboxylic acids is 3. The summed E-state index contributed by atoms with van der Waals surface area (Å²) in [6, 6.07) is 6.03. The van der Waals surface area contributed by atoms with Crippen LogP contribution in [0.1, 0.15) is 38.6 Å². The van der Waals surface area contributed by atoms with Gasteiger partial charge in [0.15, 0.2) is 0 Å². The van der Waals surface area contributed by atoms with Gasteiger partial charge in [0.1, 0.15) is 17.9 Å². The molecule has 1 aromatic heterocycles. The third kappa shape index (κ3) is 5.64. The van der Waals surface area contributed by atoms with E-state index in [1.165, 1.54) is 4.90 Å². The lowest BCUT2D eigenvalue weighted by Crippen LogP contribution is -2.38. The molecular weight excluding hydrogens is 529 g/mol. The van der Waals surface area contributed by atoms with E-state index in [9.17, 15) is 14.4 Å². The number of nitrogens with one attached hydrogen (secondary N) is 3. The van der Waals surface area contributed by atoms with Crippen LogP contribution in [0.5, 0.6) is 0 Å². The molecule has 32 heavy (non-hydrogen) atoms. The minimum Gasteiger partial charge on any atom is -0.394 e. The van der Waals surface area contributed by atoms with Gasteiger partial charge in [-0.05, 0) is 52.6 Å². The van der Waals surface area contributed by atoms with Crippen LogP contribution in [0.3, 0.4) is 0 Å². The Hall–Kier alpha value is -2.51. The molecule has 4 N–H and O–H groups in total. The summed E-state index contributed by atoms with van der Waals surface area (Å²) in [5.41, 5.74) is 3.93. The SMILES string of the molecule is CC(C)[C@H](c1ncc(-c2ccc(I)cc2)[nH]1)N1C(=O)N[C@@H](CCC(=O)NOCCO)C1=O. The standard InChI is InChI=1S/C21H26IN5O5/c1-12(2)18(19-23-11-16(24-19)13-3-5-14(22)6-4-13)27-20(30)15(25-21(27)31)7-8-17(29)26-32-10-9-28/h3-6,11-12,15,18,28H,7-10H2,1-2H3,(H,23,24)(H,25,31)(H,26,29)/t15-,18+/m0/s1. The summed E-state index contributed by atoms with van der Waals surface area (Å²) in [6.07, 6.45) is 1.81. The fourth-order valence-corrected chi connectivity index (χ4v) is 3.87. The summed E-state index contributed by atoms with van der Waals surface area (Å²) in [5, 5.41) is 11.3. The van der Waals surface area contributed by atoms with E-state index in [1.54, 1.807) is 6.20 Å². The van der Waals surface area contributed by atoms with Crippen LogP contribution in [0.15, 0.2) is 30.5 Å². The molecule has 0 saturated carbocycles. The number of hydrogen-bond donors (Lipinski definition) is 4. The molecule has 0 aliphatic carbocycles. The molecule has 0 radical (unpaired) electrons. The van der Waals surface area contributed by atoms with Gasteiger partial charge in [0.25, 0.3) is 5.91 Å². The summed E-state index contributed by atoms with van der Waals surface area (Å²) in [6.45, 7) is 3.58. The summed E-state index contributed by atoms with van der Waals surface area (Å²) in [5.74, 6) is -0.403. The van der Waals surface area contributed by atoms with Crippen molar-refractivity contribution in [3.05, 3.63) is 39.9 Å². The fraction of sp³-hybridized carbons (Fsp3) is 0.429. The monoisotopic (exact) mass is 555 g/mol. The Labute approximate surface area is 199 Å². The maximum Gasteiger partial charge on any atom is 0.325 e. The highest BCUT2D eigenvalue weighted by atomic mass is 127. The first-order valence-electron chi connectivity index (χ1n) is 10.3.